The Labute approximate surface area is 157 Å². The van der Waals surface area contributed by atoms with E-state index >= 15 is 0 Å². The number of fused-ring (bicyclic) bond motifs is 3. The lowest BCUT2D eigenvalue weighted by Gasteiger charge is -2.18. The lowest BCUT2D eigenvalue weighted by Crippen LogP contribution is -2.10. The molecule has 0 radical (unpaired) electrons. The highest BCUT2D eigenvalue weighted by molar-refractivity contribution is 5.94. The number of aromatic nitrogens is 4. The lowest BCUT2D eigenvalue weighted by molar-refractivity contribution is 0.356. The molecule has 6 heteroatoms. The smallest absolute Gasteiger partial charge is 0.171 e. The first kappa shape index (κ1) is 17.3. The highest BCUT2D eigenvalue weighted by Crippen LogP contribution is 2.33. The molecule has 0 N–H and O–H groups in total. The van der Waals surface area contributed by atoms with Gasteiger partial charge in [-0.2, -0.15) is 0 Å². The van der Waals surface area contributed by atoms with Gasteiger partial charge in [0.25, 0.3) is 0 Å². The minimum absolute atomic E-state index is 0.110. The SMILES string of the molecule is COc1cc2ncn3c(-c4ccc(C(C)(C)C)cc4)nnc3c2cc1OC. The summed E-state index contributed by atoms with van der Waals surface area (Å²) in [5, 5.41) is 9.67. The predicted molar refractivity (Wildman–Crippen MR) is 106 cm³/mol. The zero-order valence-corrected chi connectivity index (χ0v) is 16.1. The summed E-state index contributed by atoms with van der Waals surface area (Å²) in [6.45, 7) is 6.60. The first-order chi connectivity index (χ1) is 12.9. The number of rotatable bonds is 3. The van der Waals surface area contributed by atoms with Gasteiger partial charge >= 0.3 is 0 Å². The molecule has 0 aliphatic rings. The van der Waals surface area contributed by atoms with Crippen molar-refractivity contribution in [3.05, 3.63) is 48.3 Å². The maximum atomic E-state index is 5.42. The van der Waals surface area contributed by atoms with E-state index in [1.807, 2.05) is 16.5 Å². The molecule has 0 fully saturated rings. The topological polar surface area (TPSA) is 61.5 Å². The fourth-order valence-corrected chi connectivity index (χ4v) is 3.17. The monoisotopic (exact) mass is 362 g/mol. The van der Waals surface area contributed by atoms with Crippen LogP contribution in [0.25, 0.3) is 27.9 Å². The van der Waals surface area contributed by atoms with E-state index in [0.29, 0.717) is 11.5 Å². The summed E-state index contributed by atoms with van der Waals surface area (Å²) in [7, 11) is 3.22. The Morgan fingerprint density at radius 3 is 2.19 bits per heavy atom. The third-order valence-electron chi connectivity index (χ3n) is 4.76. The lowest BCUT2D eigenvalue weighted by atomic mass is 9.87. The molecule has 0 saturated heterocycles. The molecule has 0 amide bonds. The molecule has 4 rings (SSSR count). The van der Waals surface area contributed by atoms with Gasteiger partial charge < -0.3 is 9.47 Å². The fraction of sp³-hybridized carbons (Fsp3) is 0.286. The normalized spacial score (nSPS) is 11.9. The summed E-state index contributed by atoms with van der Waals surface area (Å²) in [6, 6.07) is 12.2. The summed E-state index contributed by atoms with van der Waals surface area (Å²) in [4.78, 5) is 4.56. The molecule has 0 saturated carbocycles. The number of hydrogen-bond acceptors (Lipinski definition) is 5. The van der Waals surface area contributed by atoms with Crippen molar-refractivity contribution in [2.75, 3.05) is 14.2 Å². The second-order valence-corrected chi connectivity index (χ2v) is 7.51. The molecule has 27 heavy (non-hydrogen) atoms. The van der Waals surface area contributed by atoms with E-state index in [1.54, 1.807) is 20.5 Å². The Morgan fingerprint density at radius 1 is 0.889 bits per heavy atom. The van der Waals surface area contributed by atoms with Crippen LogP contribution in [-0.4, -0.2) is 33.8 Å². The Morgan fingerprint density at radius 2 is 1.56 bits per heavy atom. The molecule has 6 nitrogen and oxygen atoms in total. The van der Waals surface area contributed by atoms with E-state index in [2.05, 4.69) is 60.2 Å². The number of benzene rings is 2. The van der Waals surface area contributed by atoms with Crippen molar-refractivity contribution in [3.8, 4) is 22.9 Å². The number of methoxy groups -OCH3 is 2. The molecule has 0 aliphatic carbocycles. The van der Waals surface area contributed by atoms with Crippen molar-refractivity contribution >= 4 is 16.6 Å². The van der Waals surface area contributed by atoms with Crippen LogP contribution in [0.4, 0.5) is 0 Å². The van der Waals surface area contributed by atoms with Crippen LogP contribution >= 0.6 is 0 Å². The maximum absolute atomic E-state index is 5.42. The molecule has 2 aromatic heterocycles. The largest absolute Gasteiger partial charge is 0.493 e. The highest BCUT2D eigenvalue weighted by Gasteiger charge is 2.16. The molecule has 138 valence electrons. The average Bonchev–Trinajstić information content (AvgIpc) is 3.10. The maximum Gasteiger partial charge on any atom is 0.171 e. The third-order valence-corrected chi connectivity index (χ3v) is 4.76. The van der Waals surface area contributed by atoms with Gasteiger partial charge in [0.05, 0.1) is 19.7 Å². The number of hydrogen-bond donors (Lipinski definition) is 0. The van der Waals surface area contributed by atoms with Crippen LogP contribution in [0.15, 0.2) is 42.7 Å². The average molecular weight is 362 g/mol. The van der Waals surface area contributed by atoms with Crippen LogP contribution in [0, 0.1) is 0 Å². The Kier molecular flexibility index (Phi) is 3.98. The van der Waals surface area contributed by atoms with E-state index in [1.165, 1.54) is 5.56 Å². The molecular weight excluding hydrogens is 340 g/mol. The predicted octanol–water partition coefficient (Wildman–Crippen LogP) is 4.26. The van der Waals surface area contributed by atoms with E-state index in [4.69, 9.17) is 9.47 Å². The Bertz CT molecular complexity index is 1130. The van der Waals surface area contributed by atoms with Gasteiger partial charge in [-0.15, -0.1) is 10.2 Å². The molecular formula is C21H22N4O2. The second-order valence-electron chi connectivity index (χ2n) is 7.51. The van der Waals surface area contributed by atoms with Crippen molar-refractivity contribution in [2.45, 2.75) is 26.2 Å². The van der Waals surface area contributed by atoms with Crippen LogP contribution in [0.5, 0.6) is 11.5 Å². The molecule has 0 spiro atoms. The van der Waals surface area contributed by atoms with Crippen LogP contribution in [0.2, 0.25) is 0 Å². The molecule has 0 bridgehead atoms. The van der Waals surface area contributed by atoms with E-state index in [0.717, 1.165) is 27.9 Å². The summed E-state index contributed by atoms with van der Waals surface area (Å²) in [5.74, 6) is 2.04. The van der Waals surface area contributed by atoms with Crippen LogP contribution < -0.4 is 9.47 Å². The van der Waals surface area contributed by atoms with Gasteiger partial charge in [-0.25, -0.2) is 4.98 Å². The van der Waals surface area contributed by atoms with Gasteiger partial charge in [-0.1, -0.05) is 45.0 Å². The van der Waals surface area contributed by atoms with Gasteiger partial charge in [0, 0.05) is 17.0 Å². The Balaban J connectivity index is 1.87. The standard InChI is InChI=1S/C21H22N4O2/c1-21(2,3)14-8-6-13(7-9-14)19-23-24-20-15-10-17(26-4)18(27-5)11-16(15)22-12-25(19)20/h6-12H,1-5H3. The fourth-order valence-electron chi connectivity index (χ4n) is 3.17. The van der Waals surface area contributed by atoms with Gasteiger partial charge in [0.1, 0.15) is 6.33 Å². The molecule has 0 aliphatic heterocycles. The quantitative estimate of drug-likeness (QED) is 0.545. The second kappa shape index (κ2) is 6.23. The van der Waals surface area contributed by atoms with Crippen molar-refractivity contribution < 1.29 is 9.47 Å². The third kappa shape index (κ3) is 2.87. The Hall–Kier alpha value is -3.15. The molecule has 0 atom stereocenters. The zero-order chi connectivity index (χ0) is 19.2. The van der Waals surface area contributed by atoms with Crippen molar-refractivity contribution in [3.63, 3.8) is 0 Å². The van der Waals surface area contributed by atoms with Gasteiger partial charge in [0.15, 0.2) is 23.0 Å². The minimum atomic E-state index is 0.110. The van der Waals surface area contributed by atoms with Crippen LogP contribution in [-0.2, 0) is 5.41 Å². The number of nitrogens with zero attached hydrogens (tertiary/aromatic N) is 4. The molecule has 4 aromatic rings. The molecule has 0 unspecified atom stereocenters. The van der Waals surface area contributed by atoms with Gasteiger partial charge in [-0.05, 0) is 17.0 Å². The van der Waals surface area contributed by atoms with Crippen molar-refractivity contribution in [1.82, 2.24) is 19.6 Å². The first-order valence-electron chi connectivity index (χ1n) is 8.79. The molecule has 2 aromatic carbocycles. The van der Waals surface area contributed by atoms with Gasteiger partial charge in [0.2, 0.25) is 0 Å². The minimum Gasteiger partial charge on any atom is -0.493 e. The zero-order valence-electron chi connectivity index (χ0n) is 16.1. The summed E-state index contributed by atoms with van der Waals surface area (Å²) >= 11 is 0. The van der Waals surface area contributed by atoms with E-state index in [-0.39, 0.29) is 5.41 Å². The van der Waals surface area contributed by atoms with Gasteiger partial charge in [-0.3, -0.25) is 4.40 Å². The van der Waals surface area contributed by atoms with E-state index < -0.39 is 0 Å². The summed E-state index contributed by atoms with van der Waals surface area (Å²) in [5.41, 5.74) is 3.90. The number of ether oxygens (including phenoxy) is 2. The van der Waals surface area contributed by atoms with E-state index in [9.17, 15) is 0 Å². The van der Waals surface area contributed by atoms with Crippen molar-refractivity contribution in [2.24, 2.45) is 0 Å². The molecule has 2 heterocycles. The summed E-state index contributed by atoms with van der Waals surface area (Å²) in [6.07, 6.45) is 1.75. The van der Waals surface area contributed by atoms with Crippen molar-refractivity contribution in [1.29, 1.82) is 0 Å². The highest BCUT2D eigenvalue weighted by atomic mass is 16.5. The van der Waals surface area contributed by atoms with Crippen LogP contribution in [0.3, 0.4) is 0 Å². The summed E-state index contributed by atoms with van der Waals surface area (Å²) < 4.78 is 12.7. The van der Waals surface area contributed by atoms with Crippen LogP contribution in [0.1, 0.15) is 26.3 Å². The first-order valence-corrected chi connectivity index (χ1v) is 8.79.